The van der Waals surface area contributed by atoms with Gasteiger partial charge in [0.15, 0.2) is 0 Å². The van der Waals surface area contributed by atoms with Crippen LogP contribution in [0.4, 0.5) is 5.69 Å². The second kappa shape index (κ2) is 6.22. The molecule has 1 aromatic carbocycles. The third kappa shape index (κ3) is 4.28. The molecule has 19 heavy (non-hydrogen) atoms. The van der Waals surface area contributed by atoms with Gasteiger partial charge in [-0.25, -0.2) is 0 Å². The van der Waals surface area contributed by atoms with E-state index < -0.39 is 11.4 Å². The van der Waals surface area contributed by atoms with Crippen molar-refractivity contribution in [3.8, 4) is 0 Å². The summed E-state index contributed by atoms with van der Waals surface area (Å²) in [6.07, 6.45) is 0.685. The van der Waals surface area contributed by atoms with Crippen LogP contribution in [0.2, 0.25) is 0 Å². The van der Waals surface area contributed by atoms with Crippen LogP contribution >= 0.6 is 0 Å². The van der Waals surface area contributed by atoms with Crippen molar-refractivity contribution in [1.82, 2.24) is 5.32 Å². The van der Waals surface area contributed by atoms with Crippen molar-refractivity contribution >= 4 is 17.6 Å². The number of rotatable bonds is 6. The fraction of sp³-hybridized carbons (Fsp3) is 0.429. The molecule has 0 saturated heterocycles. The lowest BCUT2D eigenvalue weighted by molar-refractivity contribution is -0.148. The third-order valence-corrected chi connectivity index (χ3v) is 3.32. The van der Waals surface area contributed by atoms with E-state index in [-0.39, 0.29) is 18.9 Å². The second-order valence-corrected chi connectivity index (χ2v) is 4.91. The number of nitrogens with two attached hydrogens (primary N) is 1. The van der Waals surface area contributed by atoms with Gasteiger partial charge in [-0.15, -0.1) is 0 Å². The molecule has 1 unspecified atom stereocenters. The van der Waals surface area contributed by atoms with Gasteiger partial charge in [0.25, 0.3) is 0 Å². The highest BCUT2D eigenvalue weighted by molar-refractivity contribution is 5.80. The van der Waals surface area contributed by atoms with Gasteiger partial charge in [-0.05, 0) is 31.0 Å². The van der Waals surface area contributed by atoms with Gasteiger partial charge >= 0.3 is 5.97 Å². The molecule has 0 heterocycles. The summed E-state index contributed by atoms with van der Waals surface area (Å²) in [7, 11) is 0. The van der Waals surface area contributed by atoms with Crippen LogP contribution in [-0.4, -0.2) is 23.5 Å². The van der Waals surface area contributed by atoms with Crippen molar-refractivity contribution in [3.05, 3.63) is 29.8 Å². The summed E-state index contributed by atoms with van der Waals surface area (Å²) < 4.78 is 0. The topological polar surface area (TPSA) is 92.4 Å². The first-order chi connectivity index (χ1) is 8.87. The van der Waals surface area contributed by atoms with Gasteiger partial charge in [-0.3, -0.25) is 9.59 Å². The van der Waals surface area contributed by atoms with Gasteiger partial charge < -0.3 is 16.2 Å². The van der Waals surface area contributed by atoms with E-state index >= 15 is 0 Å². The number of nitrogen functional groups attached to an aromatic ring is 1. The summed E-state index contributed by atoms with van der Waals surface area (Å²) in [6.45, 7) is 3.55. The summed E-state index contributed by atoms with van der Waals surface area (Å²) in [5.41, 5.74) is 6.13. The molecule has 104 valence electrons. The minimum atomic E-state index is -0.920. The first-order valence-electron chi connectivity index (χ1n) is 6.22. The van der Waals surface area contributed by atoms with E-state index in [2.05, 4.69) is 5.32 Å². The Morgan fingerprint density at radius 3 is 2.37 bits per heavy atom. The highest BCUT2D eigenvalue weighted by atomic mass is 16.4. The fourth-order valence-corrected chi connectivity index (χ4v) is 1.53. The number of hydrogen-bond donors (Lipinski definition) is 3. The van der Waals surface area contributed by atoms with Gasteiger partial charge in [0, 0.05) is 12.2 Å². The largest absolute Gasteiger partial charge is 0.481 e. The standard InChI is InChI=1S/C14H20N2O3/c1-3-14(2,13(18)19)9-16-12(17)8-10-4-6-11(15)7-5-10/h4-7H,3,8-9,15H2,1-2H3,(H,16,17)(H,18,19). The number of carbonyl (C=O) groups excluding carboxylic acids is 1. The Bertz CT molecular complexity index is 456. The van der Waals surface area contributed by atoms with Gasteiger partial charge in [0.05, 0.1) is 11.8 Å². The average molecular weight is 264 g/mol. The zero-order valence-electron chi connectivity index (χ0n) is 11.3. The number of nitrogens with one attached hydrogen (secondary N) is 1. The van der Waals surface area contributed by atoms with Crippen molar-refractivity contribution in [3.63, 3.8) is 0 Å². The smallest absolute Gasteiger partial charge is 0.311 e. The average Bonchev–Trinajstić information content (AvgIpc) is 2.38. The van der Waals surface area contributed by atoms with E-state index in [1.165, 1.54) is 0 Å². The van der Waals surface area contributed by atoms with Gasteiger partial charge in [0.1, 0.15) is 0 Å². The minimum absolute atomic E-state index is 0.132. The number of anilines is 1. The number of aliphatic carboxylic acids is 1. The van der Waals surface area contributed by atoms with Gasteiger partial charge in [-0.1, -0.05) is 19.1 Å². The van der Waals surface area contributed by atoms with Crippen molar-refractivity contribution in [1.29, 1.82) is 0 Å². The maximum Gasteiger partial charge on any atom is 0.311 e. The van der Waals surface area contributed by atoms with E-state index in [1.54, 1.807) is 38.1 Å². The Balaban J connectivity index is 2.52. The summed E-state index contributed by atoms with van der Waals surface area (Å²) in [4.78, 5) is 22.8. The molecule has 0 aromatic heterocycles. The molecular formula is C14H20N2O3. The molecule has 0 saturated carbocycles. The lowest BCUT2D eigenvalue weighted by Gasteiger charge is -2.23. The molecule has 5 nitrogen and oxygen atoms in total. The first-order valence-corrected chi connectivity index (χ1v) is 6.22. The van der Waals surface area contributed by atoms with Gasteiger partial charge in [-0.2, -0.15) is 0 Å². The van der Waals surface area contributed by atoms with Gasteiger partial charge in [0.2, 0.25) is 5.91 Å². The lowest BCUT2D eigenvalue weighted by atomic mass is 9.87. The summed E-state index contributed by atoms with van der Waals surface area (Å²) in [5, 5.41) is 11.8. The number of amides is 1. The number of carboxylic acids is 1. The van der Waals surface area contributed by atoms with Crippen LogP contribution in [-0.2, 0) is 16.0 Å². The van der Waals surface area contributed by atoms with Crippen molar-refractivity contribution < 1.29 is 14.7 Å². The maximum atomic E-state index is 11.7. The molecule has 0 spiro atoms. The molecule has 1 aromatic rings. The first kappa shape index (κ1) is 15.0. The second-order valence-electron chi connectivity index (χ2n) is 4.91. The van der Waals surface area contributed by atoms with E-state index in [0.29, 0.717) is 12.1 Å². The predicted octanol–water partition coefficient (Wildman–Crippen LogP) is 1.43. The zero-order chi connectivity index (χ0) is 14.5. The van der Waals surface area contributed by atoms with Crippen LogP contribution in [0.15, 0.2) is 24.3 Å². The van der Waals surface area contributed by atoms with Crippen LogP contribution < -0.4 is 11.1 Å². The molecule has 0 aliphatic carbocycles. The van der Waals surface area contributed by atoms with E-state index in [0.717, 1.165) is 5.56 Å². The van der Waals surface area contributed by atoms with Crippen molar-refractivity contribution in [2.24, 2.45) is 5.41 Å². The summed E-state index contributed by atoms with van der Waals surface area (Å²) in [6, 6.07) is 7.03. The normalized spacial score (nSPS) is 13.6. The van der Waals surface area contributed by atoms with Crippen molar-refractivity contribution in [2.45, 2.75) is 26.7 Å². The zero-order valence-corrected chi connectivity index (χ0v) is 11.3. The van der Waals surface area contributed by atoms with Crippen LogP contribution in [0.25, 0.3) is 0 Å². The number of carbonyl (C=O) groups is 2. The molecule has 5 heteroatoms. The molecule has 0 fully saturated rings. The van der Waals surface area contributed by atoms with Crippen LogP contribution in [0.1, 0.15) is 25.8 Å². The molecule has 4 N–H and O–H groups in total. The number of hydrogen-bond acceptors (Lipinski definition) is 3. The van der Waals surface area contributed by atoms with Crippen LogP contribution in [0.5, 0.6) is 0 Å². The Labute approximate surface area is 112 Å². The molecular weight excluding hydrogens is 244 g/mol. The molecule has 1 amide bonds. The Morgan fingerprint density at radius 2 is 1.89 bits per heavy atom. The molecule has 1 atom stereocenters. The summed E-state index contributed by atoms with van der Waals surface area (Å²) in [5.74, 6) is -1.09. The fourth-order valence-electron chi connectivity index (χ4n) is 1.53. The molecule has 0 radical (unpaired) electrons. The highest BCUT2D eigenvalue weighted by Crippen LogP contribution is 2.19. The van der Waals surface area contributed by atoms with E-state index in [1.807, 2.05) is 0 Å². The number of carboxylic acid groups (broad SMARTS) is 1. The molecule has 0 bridgehead atoms. The maximum absolute atomic E-state index is 11.7. The molecule has 0 aliphatic rings. The lowest BCUT2D eigenvalue weighted by Crippen LogP contribution is -2.41. The number of benzene rings is 1. The third-order valence-electron chi connectivity index (χ3n) is 3.32. The monoisotopic (exact) mass is 264 g/mol. The highest BCUT2D eigenvalue weighted by Gasteiger charge is 2.31. The quantitative estimate of drug-likeness (QED) is 0.678. The van der Waals surface area contributed by atoms with E-state index in [9.17, 15) is 9.59 Å². The Kier molecular flexibility index (Phi) is 4.92. The molecule has 1 rings (SSSR count). The summed E-state index contributed by atoms with van der Waals surface area (Å²) >= 11 is 0. The van der Waals surface area contributed by atoms with E-state index in [4.69, 9.17) is 10.8 Å². The van der Waals surface area contributed by atoms with Crippen LogP contribution in [0, 0.1) is 5.41 Å². The Morgan fingerprint density at radius 1 is 1.32 bits per heavy atom. The van der Waals surface area contributed by atoms with Crippen molar-refractivity contribution in [2.75, 3.05) is 12.3 Å². The Hall–Kier alpha value is -2.04. The predicted molar refractivity (Wildman–Crippen MR) is 73.6 cm³/mol. The van der Waals surface area contributed by atoms with Crippen LogP contribution in [0.3, 0.4) is 0 Å². The molecule has 0 aliphatic heterocycles. The SMILES string of the molecule is CCC(C)(CNC(=O)Cc1ccc(N)cc1)C(=O)O. The minimum Gasteiger partial charge on any atom is -0.481 e.